The van der Waals surface area contributed by atoms with Gasteiger partial charge in [-0.3, -0.25) is 0 Å². The number of amides is 2. The van der Waals surface area contributed by atoms with E-state index in [2.05, 4.69) is 32.7 Å². The van der Waals surface area contributed by atoms with Gasteiger partial charge < -0.3 is 15.1 Å². The first-order valence-electron chi connectivity index (χ1n) is 7.39. The fraction of sp³-hybridized carbons (Fsp3) is 0.467. The van der Waals surface area contributed by atoms with Crippen LogP contribution < -0.4 is 10.2 Å². The van der Waals surface area contributed by atoms with Gasteiger partial charge in [0.15, 0.2) is 0 Å². The van der Waals surface area contributed by atoms with Crippen molar-refractivity contribution in [2.75, 3.05) is 31.1 Å². The van der Waals surface area contributed by atoms with Gasteiger partial charge in [-0.2, -0.15) is 0 Å². The summed E-state index contributed by atoms with van der Waals surface area (Å²) >= 11 is 3.34. The topological polar surface area (TPSA) is 48.5 Å². The number of carbonyl (C=O) groups excluding carboxylic acids is 1. The van der Waals surface area contributed by atoms with Crippen molar-refractivity contribution in [2.24, 2.45) is 0 Å². The molecule has 5 nitrogen and oxygen atoms in total. The summed E-state index contributed by atoms with van der Waals surface area (Å²) in [5.74, 6) is 0. The Balaban J connectivity index is 1.51. The smallest absolute Gasteiger partial charge is 0.318 e. The molecule has 0 radical (unpaired) electrons. The fourth-order valence-corrected chi connectivity index (χ4v) is 4.08. The van der Waals surface area contributed by atoms with E-state index in [-0.39, 0.29) is 12.1 Å². The Hall–Kier alpha value is -1.60. The minimum Gasteiger partial charge on any atom is -0.360 e. The number of urea groups is 1. The number of aryl methyl sites for hydroxylation is 1. The summed E-state index contributed by atoms with van der Waals surface area (Å²) in [6.07, 6.45) is 0. The third-order valence-electron chi connectivity index (χ3n) is 3.73. The van der Waals surface area contributed by atoms with Crippen molar-refractivity contribution in [3.05, 3.63) is 33.6 Å². The Morgan fingerprint density at radius 1 is 1.32 bits per heavy atom. The number of piperazine rings is 1. The Labute approximate surface area is 138 Å². The van der Waals surface area contributed by atoms with Crippen molar-refractivity contribution < 1.29 is 4.79 Å². The molecule has 1 aliphatic heterocycles. The van der Waals surface area contributed by atoms with Gasteiger partial charge in [0.25, 0.3) is 0 Å². The first-order chi connectivity index (χ1) is 10.6. The number of thiophene rings is 1. The molecule has 22 heavy (non-hydrogen) atoms. The van der Waals surface area contributed by atoms with Gasteiger partial charge in [-0.25, -0.2) is 9.78 Å². The van der Waals surface area contributed by atoms with Crippen LogP contribution in [0.25, 0.3) is 0 Å². The Kier molecular flexibility index (Phi) is 4.63. The minimum atomic E-state index is -0.0403. The zero-order chi connectivity index (χ0) is 15.5. The zero-order valence-electron chi connectivity index (χ0n) is 12.8. The molecule has 1 saturated heterocycles. The summed E-state index contributed by atoms with van der Waals surface area (Å²) in [6.45, 7) is 7.24. The number of carbonyl (C=O) groups is 1. The van der Waals surface area contributed by atoms with E-state index in [9.17, 15) is 4.79 Å². The van der Waals surface area contributed by atoms with Gasteiger partial charge >= 0.3 is 6.03 Å². The van der Waals surface area contributed by atoms with Crippen LogP contribution in [0.2, 0.25) is 0 Å². The van der Waals surface area contributed by atoms with Crippen LogP contribution in [0.5, 0.6) is 0 Å². The first-order valence-corrected chi connectivity index (χ1v) is 9.15. The highest BCUT2D eigenvalue weighted by atomic mass is 32.1. The first kappa shape index (κ1) is 15.3. The predicted molar refractivity (Wildman–Crippen MR) is 91.9 cm³/mol. The number of nitrogens with zero attached hydrogens (tertiary/aromatic N) is 3. The Bertz CT molecular complexity index is 617. The maximum Gasteiger partial charge on any atom is 0.318 e. The average Bonchev–Trinajstić information content (AvgIpc) is 3.18. The summed E-state index contributed by atoms with van der Waals surface area (Å²) in [5.41, 5.74) is 1.01. The van der Waals surface area contributed by atoms with Crippen LogP contribution >= 0.6 is 22.7 Å². The number of nitrogens with one attached hydrogen (secondary N) is 1. The number of aromatic nitrogens is 1. The SMILES string of the molecule is Cc1csc([C@H](C)NC(=O)N2CCN(c3cccs3)CC2)n1. The van der Waals surface area contributed by atoms with E-state index in [1.54, 1.807) is 22.7 Å². The standard InChI is InChI=1S/C15H20N4OS2/c1-11-10-22-14(16-11)12(2)17-15(20)19-7-5-18(6-8-19)13-4-3-9-21-13/h3-4,9-10,12H,5-8H2,1-2H3,(H,17,20)/t12-/m0/s1. The van der Waals surface area contributed by atoms with Gasteiger partial charge in [-0.1, -0.05) is 0 Å². The molecule has 1 N–H and O–H groups in total. The summed E-state index contributed by atoms with van der Waals surface area (Å²) in [5, 5.41) is 9.39. The maximum atomic E-state index is 12.4. The molecule has 3 heterocycles. The lowest BCUT2D eigenvalue weighted by Gasteiger charge is -2.35. The highest BCUT2D eigenvalue weighted by Crippen LogP contribution is 2.23. The van der Waals surface area contributed by atoms with Gasteiger partial charge in [0.1, 0.15) is 5.01 Å². The van der Waals surface area contributed by atoms with Crippen LogP contribution in [0.1, 0.15) is 23.7 Å². The molecule has 2 aromatic rings. The lowest BCUT2D eigenvalue weighted by Crippen LogP contribution is -2.52. The molecule has 118 valence electrons. The average molecular weight is 336 g/mol. The van der Waals surface area contributed by atoms with E-state index in [1.165, 1.54) is 5.00 Å². The molecule has 0 spiro atoms. The minimum absolute atomic E-state index is 0.00572. The number of hydrogen-bond acceptors (Lipinski definition) is 5. The van der Waals surface area contributed by atoms with Gasteiger partial charge in [-0.05, 0) is 31.4 Å². The van der Waals surface area contributed by atoms with Crippen LogP contribution in [0.4, 0.5) is 9.80 Å². The van der Waals surface area contributed by atoms with Crippen LogP contribution in [0.3, 0.4) is 0 Å². The third kappa shape index (κ3) is 3.41. The normalized spacial score (nSPS) is 16.6. The summed E-state index contributed by atoms with van der Waals surface area (Å²) in [7, 11) is 0. The monoisotopic (exact) mass is 336 g/mol. The molecule has 7 heteroatoms. The number of anilines is 1. The third-order valence-corrected chi connectivity index (χ3v) is 5.81. The lowest BCUT2D eigenvalue weighted by atomic mass is 10.3. The maximum absolute atomic E-state index is 12.4. The molecule has 0 aliphatic carbocycles. The van der Waals surface area contributed by atoms with Crippen LogP contribution in [0, 0.1) is 6.92 Å². The van der Waals surface area contributed by atoms with Crippen molar-refractivity contribution in [3.63, 3.8) is 0 Å². The fourth-order valence-electron chi connectivity index (χ4n) is 2.49. The van der Waals surface area contributed by atoms with E-state index >= 15 is 0 Å². The highest BCUT2D eigenvalue weighted by Gasteiger charge is 2.23. The van der Waals surface area contributed by atoms with Crippen LogP contribution in [0.15, 0.2) is 22.9 Å². The zero-order valence-corrected chi connectivity index (χ0v) is 14.4. The number of rotatable bonds is 3. The number of hydrogen-bond donors (Lipinski definition) is 1. The second-order valence-electron chi connectivity index (χ2n) is 5.42. The molecule has 0 bridgehead atoms. The van der Waals surface area contributed by atoms with Gasteiger partial charge in [0.2, 0.25) is 0 Å². The molecule has 2 aromatic heterocycles. The molecule has 2 amide bonds. The second-order valence-corrected chi connectivity index (χ2v) is 7.24. The van der Waals surface area contributed by atoms with E-state index in [1.807, 2.05) is 24.1 Å². The molecule has 0 aromatic carbocycles. The van der Waals surface area contributed by atoms with Crippen LogP contribution in [-0.4, -0.2) is 42.1 Å². The van der Waals surface area contributed by atoms with Crippen molar-refractivity contribution >= 4 is 33.7 Å². The molecule has 1 atom stereocenters. The van der Waals surface area contributed by atoms with Gasteiger partial charge in [0, 0.05) is 37.3 Å². The van der Waals surface area contributed by atoms with Gasteiger partial charge in [0.05, 0.1) is 11.0 Å². The molecule has 1 fully saturated rings. The molecule has 3 rings (SSSR count). The van der Waals surface area contributed by atoms with Gasteiger partial charge in [-0.15, -0.1) is 22.7 Å². The Morgan fingerprint density at radius 2 is 2.09 bits per heavy atom. The molecule has 0 saturated carbocycles. The lowest BCUT2D eigenvalue weighted by molar-refractivity contribution is 0.191. The highest BCUT2D eigenvalue weighted by molar-refractivity contribution is 7.14. The van der Waals surface area contributed by atoms with Crippen molar-refractivity contribution in [1.29, 1.82) is 0 Å². The Morgan fingerprint density at radius 3 is 2.68 bits per heavy atom. The summed E-state index contributed by atoms with van der Waals surface area (Å²) in [6, 6.07) is 4.16. The summed E-state index contributed by atoms with van der Waals surface area (Å²) in [4.78, 5) is 21.0. The van der Waals surface area contributed by atoms with Crippen molar-refractivity contribution in [3.8, 4) is 0 Å². The van der Waals surface area contributed by atoms with Crippen molar-refractivity contribution in [2.45, 2.75) is 19.9 Å². The number of thiazole rings is 1. The molecular weight excluding hydrogens is 316 g/mol. The molecule has 1 aliphatic rings. The van der Waals surface area contributed by atoms with E-state index in [0.29, 0.717) is 0 Å². The molecular formula is C15H20N4OS2. The largest absolute Gasteiger partial charge is 0.360 e. The van der Waals surface area contributed by atoms with E-state index < -0.39 is 0 Å². The van der Waals surface area contributed by atoms with E-state index in [4.69, 9.17) is 0 Å². The summed E-state index contributed by atoms with van der Waals surface area (Å²) < 4.78 is 0. The van der Waals surface area contributed by atoms with Crippen molar-refractivity contribution in [1.82, 2.24) is 15.2 Å². The quantitative estimate of drug-likeness (QED) is 0.937. The molecule has 0 unspecified atom stereocenters. The van der Waals surface area contributed by atoms with Crippen LogP contribution in [-0.2, 0) is 0 Å². The second kappa shape index (κ2) is 6.66. The predicted octanol–water partition coefficient (Wildman–Crippen LogP) is 3.11. The van der Waals surface area contributed by atoms with E-state index in [0.717, 1.165) is 36.9 Å².